The molecule has 39 heavy (non-hydrogen) atoms. The van der Waals surface area contributed by atoms with Crippen molar-refractivity contribution in [3.8, 4) is 28.1 Å². The van der Waals surface area contributed by atoms with Gasteiger partial charge in [0.25, 0.3) is 0 Å². The maximum Gasteiger partial charge on any atom is 0.137 e. The fourth-order valence-electron chi connectivity index (χ4n) is 5.87. The zero-order chi connectivity index (χ0) is 26.2. The van der Waals surface area contributed by atoms with Gasteiger partial charge in [-0.25, -0.2) is 9.97 Å². The summed E-state index contributed by atoms with van der Waals surface area (Å²) in [6.07, 6.45) is 4.54. The maximum absolute atomic E-state index is 6.24. The molecule has 7 aromatic rings. The van der Waals surface area contributed by atoms with E-state index in [1.165, 1.54) is 0 Å². The lowest BCUT2D eigenvalue weighted by Gasteiger charge is -2.19. The average Bonchev–Trinajstić information content (AvgIpc) is 3.62. The van der Waals surface area contributed by atoms with Gasteiger partial charge >= 0.3 is 0 Å². The van der Waals surface area contributed by atoms with Crippen LogP contribution in [0, 0.1) is 0 Å². The first-order valence-electron chi connectivity index (χ1n) is 13.4. The number of aromatic amines is 2. The molecule has 0 spiro atoms. The molecule has 0 fully saturated rings. The highest BCUT2D eigenvalue weighted by atomic mass is 16.5. The van der Waals surface area contributed by atoms with E-state index < -0.39 is 0 Å². The molecule has 1 aliphatic rings. The van der Waals surface area contributed by atoms with Crippen LogP contribution >= 0.6 is 0 Å². The summed E-state index contributed by atoms with van der Waals surface area (Å²) in [6, 6.07) is 17.5. The van der Waals surface area contributed by atoms with Crippen LogP contribution in [0.1, 0.15) is 44.0 Å². The van der Waals surface area contributed by atoms with Crippen LogP contribution in [-0.4, -0.2) is 30.1 Å². The second kappa shape index (κ2) is 8.11. The number of nitrogens with one attached hydrogen (secondary N) is 2. The van der Waals surface area contributed by atoms with Crippen LogP contribution in [0.2, 0.25) is 0 Å². The van der Waals surface area contributed by atoms with E-state index in [1.54, 1.807) is 0 Å². The van der Waals surface area contributed by atoms with Crippen molar-refractivity contribution in [2.45, 2.75) is 39.7 Å². The summed E-state index contributed by atoms with van der Waals surface area (Å²) in [5.41, 5.74) is 7.40. The smallest absolute Gasteiger partial charge is 0.137 e. The lowest BCUT2D eigenvalue weighted by Crippen LogP contribution is -2.05. The summed E-state index contributed by atoms with van der Waals surface area (Å²) in [4.78, 5) is 16.7. The third-order valence-corrected chi connectivity index (χ3v) is 7.92. The standard InChI is InChI=1S/C32H26N6O/c1-4-27-35-26-15-39-31-20-8-5-17(11-19(20)7-10-22(31)28(26)36-27)18-6-9-21-23(12-18)24-13-33-34-14-25(24)30-29(21)37-32(38-30)16(2)3/h5-14,16H,4,15H2,1-3H3,(H,35,36)(H,37,38). The number of aromatic nitrogens is 6. The van der Waals surface area contributed by atoms with Gasteiger partial charge in [0.1, 0.15) is 24.0 Å². The van der Waals surface area contributed by atoms with Crippen LogP contribution < -0.4 is 4.74 Å². The highest BCUT2D eigenvalue weighted by molar-refractivity contribution is 6.23. The minimum Gasteiger partial charge on any atom is -0.486 e. The topological polar surface area (TPSA) is 92.4 Å². The number of benzene rings is 4. The number of hydrogen-bond acceptors (Lipinski definition) is 5. The van der Waals surface area contributed by atoms with Crippen LogP contribution in [0.3, 0.4) is 0 Å². The van der Waals surface area contributed by atoms with E-state index in [1.807, 2.05) is 12.4 Å². The Morgan fingerprint density at radius 3 is 2.44 bits per heavy atom. The Kier molecular flexibility index (Phi) is 4.62. The molecule has 0 aliphatic carbocycles. The van der Waals surface area contributed by atoms with Gasteiger partial charge in [-0.2, -0.15) is 10.2 Å². The molecule has 4 aromatic carbocycles. The first-order chi connectivity index (χ1) is 19.1. The minimum atomic E-state index is 0.303. The molecule has 8 rings (SSSR count). The molecule has 7 heteroatoms. The predicted octanol–water partition coefficient (Wildman–Crippen LogP) is 7.45. The highest BCUT2D eigenvalue weighted by Crippen LogP contribution is 2.43. The molecule has 3 aromatic heterocycles. The van der Waals surface area contributed by atoms with Crippen molar-refractivity contribution < 1.29 is 4.74 Å². The van der Waals surface area contributed by atoms with E-state index in [9.17, 15) is 0 Å². The summed E-state index contributed by atoms with van der Waals surface area (Å²) < 4.78 is 6.24. The second-order valence-electron chi connectivity index (χ2n) is 10.6. The molecule has 0 amide bonds. The minimum absolute atomic E-state index is 0.303. The molecule has 0 unspecified atom stereocenters. The molecular weight excluding hydrogens is 484 g/mol. The number of H-pyrrole nitrogens is 2. The van der Waals surface area contributed by atoms with Gasteiger partial charge in [-0.05, 0) is 40.1 Å². The van der Waals surface area contributed by atoms with Gasteiger partial charge in [-0.3, -0.25) is 0 Å². The second-order valence-corrected chi connectivity index (χ2v) is 10.6. The number of aryl methyl sites for hydroxylation is 1. The van der Waals surface area contributed by atoms with Gasteiger partial charge in [-0.1, -0.05) is 51.1 Å². The van der Waals surface area contributed by atoms with Crippen molar-refractivity contribution in [2.75, 3.05) is 0 Å². The van der Waals surface area contributed by atoms with Crippen molar-refractivity contribution in [1.82, 2.24) is 30.1 Å². The zero-order valence-electron chi connectivity index (χ0n) is 22.0. The van der Waals surface area contributed by atoms with E-state index in [2.05, 4.69) is 89.5 Å². The Morgan fingerprint density at radius 1 is 0.821 bits per heavy atom. The molecule has 0 saturated heterocycles. The Hall–Kier alpha value is -4.78. The number of rotatable bonds is 3. The quantitative estimate of drug-likeness (QED) is 0.241. The number of fused-ring (bicyclic) bond motifs is 11. The molecular formula is C32H26N6O. The zero-order valence-corrected chi connectivity index (χ0v) is 22.0. The first-order valence-corrected chi connectivity index (χ1v) is 13.4. The summed E-state index contributed by atoms with van der Waals surface area (Å²) in [5, 5.41) is 15.0. The number of ether oxygens (including phenoxy) is 1. The Labute approximate surface area is 224 Å². The van der Waals surface area contributed by atoms with E-state index in [0.717, 1.165) is 95.2 Å². The molecule has 4 heterocycles. The van der Waals surface area contributed by atoms with Crippen molar-refractivity contribution in [1.29, 1.82) is 0 Å². The first kappa shape index (κ1) is 22.2. The Bertz CT molecular complexity index is 2100. The van der Waals surface area contributed by atoms with Crippen LogP contribution in [0.4, 0.5) is 0 Å². The maximum atomic E-state index is 6.24. The van der Waals surface area contributed by atoms with E-state index in [4.69, 9.17) is 14.7 Å². The monoisotopic (exact) mass is 510 g/mol. The molecule has 190 valence electrons. The fraction of sp³-hybridized carbons (Fsp3) is 0.188. The number of hydrogen-bond donors (Lipinski definition) is 2. The number of imidazole rings is 2. The largest absolute Gasteiger partial charge is 0.486 e. The Morgan fingerprint density at radius 2 is 1.62 bits per heavy atom. The lowest BCUT2D eigenvalue weighted by atomic mass is 9.94. The molecule has 0 atom stereocenters. The number of nitrogens with zero attached hydrogens (tertiary/aromatic N) is 4. The third kappa shape index (κ3) is 3.22. The lowest BCUT2D eigenvalue weighted by molar-refractivity contribution is 0.301. The van der Waals surface area contributed by atoms with E-state index >= 15 is 0 Å². The van der Waals surface area contributed by atoms with E-state index in [0.29, 0.717) is 12.5 Å². The molecule has 7 nitrogen and oxygen atoms in total. The summed E-state index contributed by atoms with van der Waals surface area (Å²) >= 11 is 0. The summed E-state index contributed by atoms with van der Waals surface area (Å²) in [5.74, 6) is 3.19. The molecule has 0 bridgehead atoms. The van der Waals surface area contributed by atoms with Crippen LogP contribution in [0.15, 0.2) is 60.9 Å². The van der Waals surface area contributed by atoms with Gasteiger partial charge < -0.3 is 14.7 Å². The average molecular weight is 511 g/mol. The highest BCUT2D eigenvalue weighted by Gasteiger charge is 2.23. The van der Waals surface area contributed by atoms with Crippen LogP contribution in [0.5, 0.6) is 5.75 Å². The summed E-state index contributed by atoms with van der Waals surface area (Å²) in [7, 11) is 0. The fourth-order valence-corrected chi connectivity index (χ4v) is 5.87. The molecule has 0 radical (unpaired) electrons. The van der Waals surface area contributed by atoms with Gasteiger partial charge in [0, 0.05) is 39.4 Å². The van der Waals surface area contributed by atoms with Gasteiger partial charge in [0.2, 0.25) is 0 Å². The third-order valence-electron chi connectivity index (χ3n) is 7.92. The molecule has 2 N–H and O–H groups in total. The van der Waals surface area contributed by atoms with Crippen molar-refractivity contribution in [3.63, 3.8) is 0 Å². The SMILES string of the molecule is CCc1nc2c([nH]1)COc1c-2ccc2cc(-c3ccc4c(c3)c3cnncc3c3nc(C(C)C)[nH]c43)ccc12. The Balaban J connectivity index is 1.29. The normalized spacial score (nSPS) is 12.9. The van der Waals surface area contributed by atoms with Crippen LogP contribution in [-0.2, 0) is 13.0 Å². The molecule has 0 saturated carbocycles. The van der Waals surface area contributed by atoms with Gasteiger partial charge in [0.15, 0.2) is 0 Å². The molecule has 1 aliphatic heterocycles. The predicted molar refractivity (Wildman–Crippen MR) is 155 cm³/mol. The van der Waals surface area contributed by atoms with E-state index in [-0.39, 0.29) is 0 Å². The summed E-state index contributed by atoms with van der Waals surface area (Å²) in [6.45, 7) is 6.92. The van der Waals surface area contributed by atoms with Crippen molar-refractivity contribution in [3.05, 3.63) is 78.3 Å². The van der Waals surface area contributed by atoms with Crippen molar-refractivity contribution in [2.24, 2.45) is 0 Å². The van der Waals surface area contributed by atoms with Gasteiger partial charge in [-0.15, -0.1) is 0 Å². The van der Waals surface area contributed by atoms with Crippen LogP contribution in [0.25, 0.3) is 65.7 Å². The van der Waals surface area contributed by atoms with Crippen molar-refractivity contribution >= 4 is 43.4 Å². The van der Waals surface area contributed by atoms with Gasteiger partial charge in [0.05, 0.1) is 34.8 Å².